The topological polar surface area (TPSA) is 72.8 Å². The molecule has 0 aliphatic carbocycles. The first-order chi connectivity index (χ1) is 10.1. The molecule has 116 valence electrons. The molecule has 1 heterocycles. The minimum absolute atomic E-state index is 0.00163. The molecule has 1 amide bonds. The smallest absolute Gasteiger partial charge is 0.261 e. The second-order valence-electron chi connectivity index (χ2n) is 5.57. The number of benzene rings is 1. The maximum atomic E-state index is 12.6. The van der Waals surface area contributed by atoms with Crippen LogP contribution in [0, 0.1) is 0 Å². The first-order valence-electron chi connectivity index (χ1n) is 7.67. The van der Waals surface area contributed by atoms with Crippen LogP contribution in [0.25, 0.3) is 0 Å². The summed E-state index contributed by atoms with van der Waals surface area (Å²) in [6.07, 6.45) is 4.25. The molecule has 1 atom stereocenters. The molecule has 0 aromatic heterocycles. The minimum atomic E-state index is -0.306. The molecule has 5 nitrogen and oxygen atoms in total. The van der Waals surface area contributed by atoms with E-state index in [1.807, 2.05) is 6.92 Å². The number of nitrogens with one attached hydrogen (secondary N) is 1. The molecule has 0 bridgehead atoms. The molecule has 1 aromatic rings. The first-order valence-corrected chi connectivity index (χ1v) is 7.67. The van der Waals surface area contributed by atoms with Crippen LogP contribution < -0.4 is 5.32 Å². The summed E-state index contributed by atoms with van der Waals surface area (Å²) in [5.41, 5.74) is 0.00163. The standard InChI is InChI=1S/C16H24N2O3/c1-2-10-18(11-12-6-3-4-9-17-12)16(21)15-13(19)7-5-8-14(15)20/h5,7-8,12,17,19-20H,2-4,6,9-11H2,1H3. The number of aromatic hydroxyl groups is 2. The number of amides is 1. The molecule has 1 saturated heterocycles. The molecule has 3 N–H and O–H groups in total. The first kappa shape index (κ1) is 15.6. The van der Waals surface area contributed by atoms with Crippen molar-refractivity contribution >= 4 is 5.91 Å². The van der Waals surface area contributed by atoms with Gasteiger partial charge in [-0.1, -0.05) is 19.4 Å². The second-order valence-corrected chi connectivity index (χ2v) is 5.57. The fourth-order valence-electron chi connectivity index (χ4n) is 2.80. The van der Waals surface area contributed by atoms with Gasteiger partial charge in [0.1, 0.15) is 17.1 Å². The molecular weight excluding hydrogens is 268 g/mol. The highest BCUT2D eigenvalue weighted by atomic mass is 16.3. The fourth-order valence-corrected chi connectivity index (χ4v) is 2.80. The third kappa shape index (κ3) is 3.88. The van der Waals surface area contributed by atoms with Gasteiger partial charge in [0.2, 0.25) is 0 Å². The van der Waals surface area contributed by atoms with Crippen LogP contribution in [0.4, 0.5) is 0 Å². The van der Waals surface area contributed by atoms with E-state index in [2.05, 4.69) is 5.32 Å². The summed E-state index contributed by atoms with van der Waals surface area (Å²) in [4.78, 5) is 14.3. The van der Waals surface area contributed by atoms with Crippen LogP contribution in [0.15, 0.2) is 18.2 Å². The van der Waals surface area contributed by atoms with Gasteiger partial charge in [0.15, 0.2) is 0 Å². The van der Waals surface area contributed by atoms with Gasteiger partial charge in [0.25, 0.3) is 5.91 Å². The van der Waals surface area contributed by atoms with Crippen LogP contribution in [-0.2, 0) is 0 Å². The lowest BCUT2D eigenvalue weighted by Crippen LogP contribution is -2.46. The molecule has 0 radical (unpaired) electrons. The lowest BCUT2D eigenvalue weighted by molar-refractivity contribution is 0.0725. The molecular formula is C16H24N2O3. The Labute approximate surface area is 125 Å². The van der Waals surface area contributed by atoms with E-state index in [0.717, 1.165) is 19.4 Å². The van der Waals surface area contributed by atoms with Gasteiger partial charge >= 0.3 is 0 Å². The second kappa shape index (κ2) is 7.31. The largest absolute Gasteiger partial charge is 0.507 e. The highest BCUT2D eigenvalue weighted by Crippen LogP contribution is 2.28. The van der Waals surface area contributed by atoms with Crippen LogP contribution in [0.2, 0.25) is 0 Å². The molecule has 1 fully saturated rings. The van der Waals surface area contributed by atoms with Crippen molar-refractivity contribution in [2.45, 2.75) is 38.6 Å². The van der Waals surface area contributed by atoms with Gasteiger partial charge in [0.05, 0.1) is 0 Å². The van der Waals surface area contributed by atoms with Gasteiger partial charge in [-0.15, -0.1) is 0 Å². The number of carbonyl (C=O) groups is 1. The molecule has 0 spiro atoms. The highest BCUT2D eigenvalue weighted by Gasteiger charge is 2.25. The van der Waals surface area contributed by atoms with Crippen LogP contribution in [0.5, 0.6) is 11.5 Å². The highest BCUT2D eigenvalue weighted by molar-refractivity contribution is 5.99. The van der Waals surface area contributed by atoms with E-state index in [9.17, 15) is 15.0 Å². The van der Waals surface area contributed by atoms with Crippen molar-refractivity contribution < 1.29 is 15.0 Å². The van der Waals surface area contributed by atoms with Gasteiger partial charge in [-0.2, -0.15) is 0 Å². The number of hydrogen-bond acceptors (Lipinski definition) is 4. The van der Waals surface area contributed by atoms with Crippen LogP contribution in [0.1, 0.15) is 43.0 Å². The van der Waals surface area contributed by atoms with Crippen LogP contribution in [0.3, 0.4) is 0 Å². The van der Waals surface area contributed by atoms with Crippen molar-refractivity contribution in [3.8, 4) is 11.5 Å². The minimum Gasteiger partial charge on any atom is -0.507 e. The van der Waals surface area contributed by atoms with Gasteiger partial charge in [-0.3, -0.25) is 4.79 Å². The third-order valence-corrected chi connectivity index (χ3v) is 3.87. The molecule has 0 saturated carbocycles. The zero-order valence-corrected chi connectivity index (χ0v) is 12.5. The van der Waals surface area contributed by atoms with Crippen molar-refractivity contribution in [1.29, 1.82) is 0 Å². The number of piperidine rings is 1. The van der Waals surface area contributed by atoms with Gasteiger partial charge < -0.3 is 20.4 Å². The van der Waals surface area contributed by atoms with E-state index >= 15 is 0 Å². The van der Waals surface area contributed by atoms with E-state index in [4.69, 9.17) is 0 Å². The summed E-state index contributed by atoms with van der Waals surface area (Å²) in [6.45, 7) is 4.23. The average Bonchev–Trinajstić information content (AvgIpc) is 2.47. The Hall–Kier alpha value is -1.75. The van der Waals surface area contributed by atoms with Crippen molar-refractivity contribution in [3.63, 3.8) is 0 Å². The maximum absolute atomic E-state index is 12.6. The number of hydrogen-bond donors (Lipinski definition) is 3. The molecule has 1 aromatic carbocycles. The number of carbonyl (C=O) groups excluding carboxylic acids is 1. The molecule has 2 rings (SSSR count). The summed E-state index contributed by atoms with van der Waals surface area (Å²) < 4.78 is 0. The van der Waals surface area contributed by atoms with Crippen molar-refractivity contribution in [2.24, 2.45) is 0 Å². The zero-order chi connectivity index (χ0) is 15.2. The Kier molecular flexibility index (Phi) is 5.44. The number of phenolic OH excluding ortho intramolecular Hbond substituents is 2. The van der Waals surface area contributed by atoms with Crippen molar-refractivity contribution in [2.75, 3.05) is 19.6 Å². The molecule has 21 heavy (non-hydrogen) atoms. The maximum Gasteiger partial charge on any atom is 0.261 e. The lowest BCUT2D eigenvalue weighted by atomic mass is 10.0. The summed E-state index contributed by atoms with van der Waals surface area (Å²) in [5, 5.41) is 23.1. The van der Waals surface area contributed by atoms with Crippen LogP contribution in [-0.4, -0.2) is 46.7 Å². The molecule has 1 unspecified atom stereocenters. The van der Waals surface area contributed by atoms with Gasteiger partial charge in [-0.05, 0) is 37.9 Å². The van der Waals surface area contributed by atoms with Crippen LogP contribution >= 0.6 is 0 Å². The Morgan fingerprint density at radius 3 is 2.62 bits per heavy atom. The van der Waals surface area contributed by atoms with Gasteiger partial charge in [-0.25, -0.2) is 0 Å². The third-order valence-electron chi connectivity index (χ3n) is 3.87. The number of nitrogens with zero attached hydrogens (tertiary/aromatic N) is 1. The Balaban J connectivity index is 2.14. The summed E-state index contributed by atoms with van der Waals surface area (Å²) >= 11 is 0. The summed E-state index contributed by atoms with van der Waals surface area (Å²) in [5.74, 6) is -0.643. The SMILES string of the molecule is CCCN(CC1CCCCN1)C(=O)c1c(O)cccc1O. The zero-order valence-electron chi connectivity index (χ0n) is 12.5. The molecule has 1 aliphatic rings. The molecule has 1 aliphatic heterocycles. The van der Waals surface area contributed by atoms with Crippen molar-refractivity contribution in [1.82, 2.24) is 10.2 Å². The number of phenols is 2. The van der Waals surface area contributed by atoms with E-state index in [0.29, 0.717) is 19.1 Å². The number of rotatable bonds is 5. The predicted molar refractivity (Wildman–Crippen MR) is 81.6 cm³/mol. The Morgan fingerprint density at radius 1 is 1.33 bits per heavy atom. The Morgan fingerprint density at radius 2 is 2.05 bits per heavy atom. The lowest BCUT2D eigenvalue weighted by Gasteiger charge is -2.30. The summed E-state index contributed by atoms with van der Waals surface area (Å²) in [7, 11) is 0. The monoisotopic (exact) mass is 292 g/mol. The van der Waals surface area contributed by atoms with Gasteiger partial charge in [0, 0.05) is 19.1 Å². The predicted octanol–water partition coefficient (Wildman–Crippen LogP) is 2.09. The van der Waals surface area contributed by atoms with E-state index in [1.54, 1.807) is 4.90 Å². The fraction of sp³-hybridized carbons (Fsp3) is 0.562. The van der Waals surface area contributed by atoms with E-state index in [-0.39, 0.29) is 23.0 Å². The quantitative estimate of drug-likeness (QED) is 0.777. The normalized spacial score (nSPS) is 18.4. The van der Waals surface area contributed by atoms with E-state index in [1.165, 1.54) is 31.0 Å². The molecule has 5 heteroatoms. The van der Waals surface area contributed by atoms with E-state index < -0.39 is 0 Å². The summed E-state index contributed by atoms with van der Waals surface area (Å²) in [6, 6.07) is 4.67. The Bertz CT molecular complexity index is 464. The van der Waals surface area contributed by atoms with Crippen molar-refractivity contribution in [3.05, 3.63) is 23.8 Å². The average molecular weight is 292 g/mol.